The van der Waals surface area contributed by atoms with Gasteiger partial charge in [-0.05, 0) is 48.6 Å². The van der Waals surface area contributed by atoms with Gasteiger partial charge in [0.05, 0.1) is 4.90 Å². The molecule has 2 amide bonds. The summed E-state index contributed by atoms with van der Waals surface area (Å²) in [6, 6.07) is 16.0. The average molecular weight is 386 g/mol. The molecule has 3 rings (SSSR count). The molecule has 0 atom stereocenters. The molecule has 7 heteroatoms. The first-order chi connectivity index (χ1) is 12.9. The summed E-state index contributed by atoms with van der Waals surface area (Å²) in [6.07, 6.45) is 1.81. The Bertz CT molecular complexity index is 916. The van der Waals surface area contributed by atoms with Crippen molar-refractivity contribution in [2.24, 2.45) is 5.73 Å². The SMILES string of the molecule is NC(=O)CS(=O)(=O)c1ccc(C(=O)N2CCC(c3ccccc3)CC2)cc1. The Labute approximate surface area is 158 Å². The van der Waals surface area contributed by atoms with Gasteiger partial charge < -0.3 is 10.6 Å². The van der Waals surface area contributed by atoms with Gasteiger partial charge in [0.25, 0.3) is 5.91 Å². The summed E-state index contributed by atoms with van der Waals surface area (Å²) in [7, 11) is -3.76. The molecule has 0 bridgehead atoms. The van der Waals surface area contributed by atoms with Crippen molar-refractivity contribution in [3.63, 3.8) is 0 Å². The second-order valence-electron chi connectivity index (χ2n) is 6.73. The summed E-state index contributed by atoms with van der Waals surface area (Å²) < 4.78 is 24.0. The van der Waals surface area contributed by atoms with Crippen LogP contribution in [0.2, 0.25) is 0 Å². The topological polar surface area (TPSA) is 97.5 Å². The second kappa shape index (κ2) is 7.92. The number of amides is 2. The number of nitrogens with zero attached hydrogens (tertiary/aromatic N) is 1. The molecule has 0 spiro atoms. The standard InChI is InChI=1S/C20H22N2O4S/c21-19(23)14-27(25,26)18-8-6-17(7-9-18)20(24)22-12-10-16(11-13-22)15-4-2-1-3-5-15/h1-9,16H,10-14H2,(H2,21,23). The molecule has 27 heavy (non-hydrogen) atoms. The Morgan fingerprint density at radius 2 is 1.56 bits per heavy atom. The number of primary amides is 1. The quantitative estimate of drug-likeness (QED) is 0.849. The van der Waals surface area contributed by atoms with E-state index in [2.05, 4.69) is 12.1 Å². The lowest BCUT2D eigenvalue weighted by atomic mass is 9.89. The number of nitrogens with two attached hydrogens (primary N) is 1. The van der Waals surface area contributed by atoms with Gasteiger partial charge in [0, 0.05) is 18.7 Å². The van der Waals surface area contributed by atoms with Crippen molar-refractivity contribution in [1.82, 2.24) is 4.90 Å². The zero-order valence-corrected chi connectivity index (χ0v) is 15.7. The van der Waals surface area contributed by atoms with Gasteiger partial charge in [-0.15, -0.1) is 0 Å². The highest BCUT2D eigenvalue weighted by molar-refractivity contribution is 7.92. The molecule has 2 aromatic rings. The van der Waals surface area contributed by atoms with Crippen molar-refractivity contribution in [3.05, 3.63) is 65.7 Å². The minimum atomic E-state index is -3.76. The number of rotatable bonds is 5. The lowest BCUT2D eigenvalue weighted by Crippen LogP contribution is -2.37. The molecule has 6 nitrogen and oxygen atoms in total. The Hall–Kier alpha value is -2.67. The van der Waals surface area contributed by atoms with E-state index in [1.54, 1.807) is 4.90 Å². The van der Waals surface area contributed by atoms with Gasteiger partial charge in [-0.2, -0.15) is 0 Å². The fourth-order valence-corrected chi connectivity index (χ4v) is 4.49. The molecule has 0 unspecified atom stereocenters. The van der Waals surface area contributed by atoms with E-state index in [0.717, 1.165) is 12.8 Å². The molecule has 1 fully saturated rings. The van der Waals surface area contributed by atoms with Gasteiger partial charge in [0.15, 0.2) is 9.84 Å². The molecule has 1 heterocycles. The number of hydrogen-bond acceptors (Lipinski definition) is 4. The number of benzene rings is 2. The van der Waals surface area contributed by atoms with E-state index in [0.29, 0.717) is 24.6 Å². The molecule has 0 aromatic heterocycles. The van der Waals surface area contributed by atoms with Crippen LogP contribution in [0.5, 0.6) is 0 Å². The highest BCUT2D eigenvalue weighted by Gasteiger charge is 2.25. The fraction of sp³-hybridized carbons (Fsp3) is 0.300. The smallest absolute Gasteiger partial charge is 0.253 e. The fourth-order valence-electron chi connectivity index (χ4n) is 3.40. The van der Waals surface area contributed by atoms with Gasteiger partial charge in [-0.3, -0.25) is 9.59 Å². The second-order valence-corrected chi connectivity index (χ2v) is 8.72. The maximum atomic E-state index is 12.7. The summed E-state index contributed by atoms with van der Waals surface area (Å²) in [4.78, 5) is 25.3. The van der Waals surface area contributed by atoms with Gasteiger partial charge in [0.2, 0.25) is 5.91 Å². The summed E-state index contributed by atoms with van der Waals surface area (Å²) in [5.41, 5.74) is 6.70. The Morgan fingerprint density at radius 1 is 0.963 bits per heavy atom. The van der Waals surface area contributed by atoms with E-state index >= 15 is 0 Å². The molecule has 0 saturated carbocycles. The van der Waals surface area contributed by atoms with Crippen molar-refractivity contribution in [3.8, 4) is 0 Å². The van der Waals surface area contributed by atoms with Gasteiger partial charge >= 0.3 is 0 Å². The van der Waals surface area contributed by atoms with E-state index in [-0.39, 0.29) is 10.8 Å². The van der Waals surface area contributed by atoms with Crippen LogP contribution in [0, 0.1) is 0 Å². The molecule has 2 aromatic carbocycles. The average Bonchev–Trinajstić information content (AvgIpc) is 2.67. The third-order valence-corrected chi connectivity index (χ3v) is 6.50. The Balaban J connectivity index is 1.64. The minimum absolute atomic E-state index is 0.0133. The predicted molar refractivity (Wildman–Crippen MR) is 102 cm³/mol. The number of piperidine rings is 1. The highest BCUT2D eigenvalue weighted by Crippen LogP contribution is 2.28. The number of hydrogen-bond donors (Lipinski definition) is 1. The molecule has 0 aliphatic carbocycles. The van der Waals surface area contributed by atoms with Crippen LogP contribution in [0.15, 0.2) is 59.5 Å². The lowest BCUT2D eigenvalue weighted by Gasteiger charge is -2.32. The molecule has 1 aliphatic rings. The first-order valence-corrected chi connectivity index (χ1v) is 10.5. The molecular formula is C20H22N2O4S. The molecule has 142 valence electrons. The molecule has 2 N–H and O–H groups in total. The van der Waals surface area contributed by atoms with Crippen LogP contribution in [0.3, 0.4) is 0 Å². The summed E-state index contributed by atoms with van der Waals surface area (Å²) in [5, 5.41) is 0. The number of sulfone groups is 1. The van der Waals surface area contributed by atoms with E-state index < -0.39 is 21.5 Å². The molecule has 1 saturated heterocycles. The highest BCUT2D eigenvalue weighted by atomic mass is 32.2. The van der Waals surface area contributed by atoms with Crippen molar-refractivity contribution >= 4 is 21.7 Å². The van der Waals surface area contributed by atoms with E-state index in [4.69, 9.17) is 5.73 Å². The van der Waals surface area contributed by atoms with Gasteiger partial charge in [0.1, 0.15) is 5.75 Å². The first-order valence-electron chi connectivity index (χ1n) is 8.82. The van der Waals surface area contributed by atoms with E-state index in [1.807, 2.05) is 18.2 Å². The van der Waals surface area contributed by atoms with Crippen LogP contribution in [0.4, 0.5) is 0 Å². The first kappa shape index (κ1) is 19.1. The van der Waals surface area contributed by atoms with Crippen molar-refractivity contribution in [2.45, 2.75) is 23.7 Å². The minimum Gasteiger partial charge on any atom is -0.369 e. The molecular weight excluding hydrogens is 364 g/mol. The van der Waals surface area contributed by atoms with Crippen LogP contribution in [-0.4, -0.2) is 44.0 Å². The van der Waals surface area contributed by atoms with Crippen molar-refractivity contribution in [1.29, 1.82) is 0 Å². The van der Waals surface area contributed by atoms with Crippen molar-refractivity contribution in [2.75, 3.05) is 18.8 Å². The normalized spacial score (nSPS) is 15.5. The Kier molecular flexibility index (Phi) is 5.60. The van der Waals surface area contributed by atoms with Crippen LogP contribution >= 0.6 is 0 Å². The number of likely N-dealkylation sites (tertiary alicyclic amines) is 1. The van der Waals surface area contributed by atoms with Gasteiger partial charge in [-0.25, -0.2) is 8.42 Å². The van der Waals surface area contributed by atoms with Crippen LogP contribution in [-0.2, 0) is 14.6 Å². The van der Waals surface area contributed by atoms with Crippen LogP contribution in [0.1, 0.15) is 34.7 Å². The maximum absolute atomic E-state index is 12.7. The maximum Gasteiger partial charge on any atom is 0.253 e. The molecule has 1 aliphatic heterocycles. The van der Waals surface area contributed by atoms with E-state index in [9.17, 15) is 18.0 Å². The van der Waals surface area contributed by atoms with Gasteiger partial charge in [-0.1, -0.05) is 30.3 Å². The molecule has 0 radical (unpaired) electrons. The summed E-state index contributed by atoms with van der Waals surface area (Å²) in [5.74, 6) is -1.30. The monoisotopic (exact) mass is 386 g/mol. The summed E-state index contributed by atoms with van der Waals surface area (Å²) in [6.45, 7) is 1.33. The number of carbonyl (C=O) groups is 2. The van der Waals surface area contributed by atoms with Crippen LogP contribution in [0.25, 0.3) is 0 Å². The zero-order chi connectivity index (χ0) is 19.4. The van der Waals surface area contributed by atoms with Crippen molar-refractivity contribution < 1.29 is 18.0 Å². The third-order valence-electron chi connectivity index (χ3n) is 4.85. The third kappa shape index (κ3) is 4.54. The van der Waals surface area contributed by atoms with Crippen LogP contribution < -0.4 is 5.73 Å². The number of carbonyl (C=O) groups excluding carboxylic acids is 2. The summed E-state index contributed by atoms with van der Waals surface area (Å²) >= 11 is 0. The lowest BCUT2D eigenvalue weighted by molar-refractivity contribution is -0.115. The predicted octanol–water partition coefficient (Wildman–Crippen LogP) is 1.97. The Morgan fingerprint density at radius 3 is 2.11 bits per heavy atom. The largest absolute Gasteiger partial charge is 0.369 e. The van der Waals surface area contributed by atoms with E-state index in [1.165, 1.54) is 29.8 Å². The zero-order valence-electron chi connectivity index (χ0n) is 14.9.